The molecule has 0 N–H and O–H groups in total. The Kier molecular flexibility index (Phi) is 3.52. The lowest BCUT2D eigenvalue weighted by molar-refractivity contribution is 0.132. The summed E-state index contributed by atoms with van der Waals surface area (Å²) in [5.74, 6) is 0. The van der Waals surface area contributed by atoms with Gasteiger partial charge in [-0.05, 0) is 22.4 Å². The van der Waals surface area contributed by atoms with Crippen LogP contribution in [0.2, 0.25) is 0 Å². The number of hydrogen-bond acceptors (Lipinski definition) is 3. The van der Waals surface area contributed by atoms with Crippen LogP contribution in [0.1, 0.15) is 11.1 Å². The van der Waals surface area contributed by atoms with Gasteiger partial charge in [0.05, 0.1) is 6.21 Å². The zero-order chi connectivity index (χ0) is 10.3. The molecule has 2 aromatic rings. The number of rotatable bonds is 4. The smallest absolute Gasteiger partial charge is 0.142 e. The van der Waals surface area contributed by atoms with Crippen molar-refractivity contribution in [3.05, 3.63) is 58.3 Å². The Labute approximate surface area is 92.8 Å². The molecular formula is C12H11NOS. The van der Waals surface area contributed by atoms with Crippen LogP contribution in [-0.2, 0) is 11.4 Å². The van der Waals surface area contributed by atoms with Gasteiger partial charge in [-0.1, -0.05) is 35.5 Å². The van der Waals surface area contributed by atoms with Crippen LogP contribution in [0.3, 0.4) is 0 Å². The first-order valence-electron chi connectivity index (χ1n) is 4.66. The van der Waals surface area contributed by atoms with Gasteiger partial charge in [0.15, 0.2) is 0 Å². The maximum absolute atomic E-state index is 5.17. The van der Waals surface area contributed by atoms with E-state index in [1.807, 2.05) is 47.2 Å². The average Bonchev–Trinajstić information content (AvgIpc) is 2.79. The lowest BCUT2D eigenvalue weighted by Crippen LogP contribution is -1.86. The molecule has 0 saturated heterocycles. The fourth-order valence-corrected chi connectivity index (χ4v) is 1.74. The van der Waals surface area contributed by atoms with E-state index in [1.165, 1.54) is 0 Å². The first-order chi connectivity index (χ1) is 7.45. The molecule has 3 heteroatoms. The Morgan fingerprint density at radius 2 is 2.07 bits per heavy atom. The topological polar surface area (TPSA) is 21.6 Å². The molecule has 15 heavy (non-hydrogen) atoms. The number of nitrogens with zero attached hydrogens (tertiary/aromatic N) is 1. The molecule has 0 radical (unpaired) electrons. The van der Waals surface area contributed by atoms with Gasteiger partial charge in [-0.15, -0.1) is 0 Å². The summed E-state index contributed by atoms with van der Waals surface area (Å²) < 4.78 is 0. The Morgan fingerprint density at radius 3 is 2.80 bits per heavy atom. The number of thiophene rings is 1. The van der Waals surface area contributed by atoms with Gasteiger partial charge in [-0.25, -0.2) is 0 Å². The molecule has 0 aliphatic carbocycles. The van der Waals surface area contributed by atoms with Gasteiger partial charge < -0.3 is 4.84 Å². The van der Waals surface area contributed by atoms with Gasteiger partial charge in [0.25, 0.3) is 0 Å². The minimum absolute atomic E-state index is 0.515. The molecule has 1 aromatic carbocycles. The minimum Gasteiger partial charge on any atom is -0.391 e. The number of oxime groups is 1. The van der Waals surface area contributed by atoms with Crippen LogP contribution in [0, 0.1) is 0 Å². The summed E-state index contributed by atoms with van der Waals surface area (Å²) in [4.78, 5) is 5.17. The second-order valence-corrected chi connectivity index (χ2v) is 3.83. The Balaban J connectivity index is 1.80. The largest absolute Gasteiger partial charge is 0.391 e. The Hall–Kier alpha value is -1.61. The first kappa shape index (κ1) is 9.93. The molecule has 0 bridgehead atoms. The van der Waals surface area contributed by atoms with Crippen LogP contribution in [-0.4, -0.2) is 6.21 Å². The molecule has 76 valence electrons. The van der Waals surface area contributed by atoms with Crippen molar-refractivity contribution < 1.29 is 4.84 Å². The van der Waals surface area contributed by atoms with E-state index < -0.39 is 0 Å². The van der Waals surface area contributed by atoms with E-state index in [-0.39, 0.29) is 0 Å². The molecule has 0 aliphatic heterocycles. The summed E-state index contributed by atoms with van der Waals surface area (Å²) in [5, 5.41) is 7.93. The van der Waals surface area contributed by atoms with Crippen molar-refractivity contribution in [1.29, 1.82) is 0 Å². The van der Waals surface area contributed by atoms with Crippen LogP contribution >= 0.6 is 11.3 Å². The second-order valence-electron chi connectivity index (χ2n) is 3.05. The highest BCUT2D eigenvalue weighted by Crippen LogP contribution is 2.04. The fourth-order valence-electron chi connectivity index (χ4n) is 1.13. The molecule has 0 fully saturated rings. The molecule has 0 spiro atoms. The van der Waals surface area contributed by atoms with Gasteiger partial charge in [0.1, 0.15) is 6.61 Å². The third-order valence-corrected chi connectivity index (χ3v) is 2.60. The highest BCUT2D eigenvalue weighted by molar-refractivity contribution is 7.08. The van der Waals surface area contributed by atoms with Crippen molar-refractivity contribution in [2.45, 2.75) is 6.61 Å². The highest BCUT2D eigenvalue weighted by atomic mass is 32.1. The Morgan fingerprint density at radius 1 is 1.20 bits per heavy atom. The van der Waals surface area contributed by atoms with Crippen LogP contribution in [0.25, 0.3) is 0 Å². The van der Waals surface area contributed by atoms with E-state index in [2.05, 4.69) is 5.16 Å². The molecule has 0 atom stereocenters. The number of benzene rings is 1. The SMILES string of the molecule is C(=NOCc1ccccc1)c1ccsc1. The van der Waals surface area contributed by atoms with Crippen molar-refractivity contribution in [3.8, 4) is 0 Å². The van der Waals surface area contributed by atoms with Crippen molar-refractivity contribution in [2.75, 3.05) is 0 Å². The van der Waals surface area contributed by atoms with Crippen LogP contribution < -0.4 is 0 Å². The number of hydrogen-bond donors (Lipinski definition) is 0. The van der Waals surface area contributed by atoms with Gasteiger partial charge in [-0.2, -0.15) is 11.3 Å². The van der Waals surface area contributed by atoms with Crippen LogP contribution in [0.4, 0.5) is 0 Å². The standard InChI is InChI=1S/C12H11NOS/c1-2-4-11(5-3-1)9-14-13-8-12-6-7-15-10-12/h1-8,10H,9H2. The van der Waals surface area contributed by atoms with Crippen LogP contribution in [0.5, 0.6) is 0 Å². The maximum Gasteiger partial charge on any atom is 0.142 e. The van der Waals surface area contributed by atoms with E-state index in [9.17, 15) is 0 Å². The molecule has 0 saturated carbocycles. The summed E-state index contributed by atoms with van der Waals surface area (Å²) >= 11 is 1.65. The second kappa shape index (κ2) is 5.32. The van der Waals surface area contributed by atoms with E-state index in [0.29, 0.717) is 6.61 Å². The molecule has 1 aromatic heterocycles. The normalized spacial score (nSPS) is 10.7. The summed E-state index contributed by atoms with van der Waals surface area (Å²) in [5.41, 5.74) is 2.20. The van der Waals surface area contributed by atoms with E-state index in [1.54, 1.807) is 17.6 Å². The Bertz CT molecular complexity index is 408. The third kappa shape index (κ3) is 3.22. The zero-order valence-electron chi connectivity index (χ0n) is 8.17. The predicted molar refractivity (Wildman–Crippen MR) is 63.1 cm³/mol. The summed E-state index contributed by atoms with van der Waals surface area (Å²) in [6, 6.07) is 12.0. The molecule has 2 nitrogen and oxygen atoms in total. The average molecular weight is 217 g/mol. The fraction of sp³-hybridized carbons (Fsp3) is 0.0833. The summed E-state index contributed by atoms with van der Waals surface area (Å²) in [6.07, 6.45) is 1.72. The third-order valence-electron chi connectivity index (χ3n) is 1.89. The van der Waals surface area contributed by atoms with Gasteiger partial charge in [0.2, 0.25) is 0 Å². The quantitative estimate of drug-likeness (QED) is 0.569. The minimum atomic E-state index is 0.515. The van der Waals surface area contributed by atoms with Crippen molar-refractivity contribution >= 4 is 17.6 Å². The van der Waals surface area contributed by atoms with E-state index in [4.69, 9.17) is 4.84 Å². The van der Waals surface area contributed by atoms with E-state index >= 15 is 0 Å². The lowest BCUT2D eigenvalue weighted by Gasteiger charge is -1.97. The van der Waals surface area contributed by atoms with Gasteiger partial charge in [-0.3, -0.25) is 0 Å². The lowest BCUT2D eigenvalue weighted by atomic mass is 10.2. The summed E-state index contributed by atoms with van der Waals surface area (Å²) in [6.45, 7) is 0.515. The van der Waals surface area contributed by atoms with Gasteiger partial charge in [0, 0.05) is 5.56 Å². The van der Waals surface area contributed by atoms with Crippen molar-refractivity contribution in [1.82, 2.24) is 0 Å². The monoisotopic (exact) mass is 217 g/mol. The van der Waals surface area contributed by atoms with Crippen molar-refractivity contribution in [3.63, 3.8) is 0 Å². The maximum atomic E-state index is 5.17. The first-order valence-corrected chi connectivity index (χ1v) is 5.61. The molecule has 0 unspecified atom stereocenters. The van der Waals surface area contributed by atoms with Gasteiger partial charge >= 0.3 is 0 Å². The zero-order valence-corrected chi connectivity index (χ0v) is 8.98. The highest BCUT2D eigenvalue weighted by Gasteiger charge is 1.89. The molecular weight excluding hydrogens is 206 g/mol. The predicted octanol–water partition coefficient (Wildman–Crippen LogP) is 3.30. The van der Waals surface area contributed by atoms with E-state index in [0.717, 1.165) is 11.1 Å². The molecule has 0 amide bonds. The summed E-state index contributed by atoms with van der Waals surface area (Å²) in [7, 11) is 0. The van der Waals surface area contributed by atoms with Crippen LogP contribution in [0.15, 0.2) is 52.3 Å². The molecule has 2 rings (SSSR count). The van der Waals surface area contributed by atoms with Crippen molar-refractivity contribution in [2.24, 2.45) is 5.16 Å². The molecule has 0 aliphatic rings. The molecule has 1 heterocycles.